The van der Waals surface area contributed by atoms with E-state index < -0.39 is 0 Å². The molecule has 4 aromatic rings. The van der Waals surface area contributed by atoms with Gasteiger partial charge in [-0.2, -0.15) is 0 Å². The summed E-state index contributed by atoms with van der Waals surface area (Å²) in [7, 11) is 0. The first kappa shape index (κ1) is 18.2. The zero-order chi connectivity index (χ0) is 19.8. The number of halogens is 1. The van der Waals surface area contributed by atoms with Crippen molar-refractivity contribution in [2.24, 2.45) is 0 Å². The van der Waals surface area contributed by atoms with E-state index in [2.05, 4.69) is 25.4 Å². The highest BCUT2D eigenvalue weighted by Crippen LogP contribution is 2.37. The van der Waals surface area contributed by atoms with Crippen LogP contribution >= 0.6 is 11.3 Å². The van der Waals surface area contributed by atoms with Crippen molar-refractivity contribution in [1.82, 2.24) is 15.1 Å². The van der Waals surface area contributed by atoms with E-state index in [4.69, 9.17) is 4.52 Å². The summed E-state index contributed by atoms with van der Waals surface area (Å²) >= 11 is 1.60. The summed E-state index contributed by atoms with van der Waals surface area (Å²) < 4.78 is 18.5. The van der Waals surface area contributed by atoms with Gasteiger partial charge in [-0.05, 0) is 24.6 Å². The number of thiophene rings is 1. The SMILES string of the molecule is Cc1cc(C[NH+]2CCN(c3ncnc4scc(-c5ccc(F)cc5)c34)CC2)no1. The molecule has 5 rings (SSSR count). The first-order chi connectivity index (χ1) is 14.2. The van der Waals surface area contributed by atoms with E-state index >= 15 is 0 Å². The number of piperazine rings is 1. The maximum atomic E-state index is 13.4. The molecule has 0 amide bonds. The minimum Gasteiger partial charge on any atom is -0.361 e. The first-order valence-corrected chi connectivity index (χ1v) is 10.5. The molecular weight excluding hydrogens is 389 g/mol. The van der Waals surface area contributed by atoms with Gasteiger partial charge in [-0.15, -0.1) is 11.3 Å². The Bertz CT molecular complexity index is 1130. The van der Waals surface area contributed by atoms with Crippen LogP contribution in [0.25, 0.3) is 21.3 Å². The fourth-order valence-corrected chi connectivity index (χ4v) is 4.82. The molecule has 1 aromatic carbocycles. The molecule has 6 nitrogen and oxygen atoms in total. The van der Waals surface area contributed by atoms with Gasteiger partial charge in [-0.3, -0.25) is 0 Å². The van der Waals surface area contributed by atoms with Crippen LogP contribution in [-0.2, 0) is 6.54 Å². The lowest BCUT2D eigenvalue weighted by Crippen LogP contribution is -3.13. The second-order valence-corrected chi connectivity index (χ2v) is 8.23. The summed E-state index contributed by atoms with van der Waals surface area (Å²) in [6.45, 7) is 6.64. The van der Waals surface area contributed by atoms with Crippen molar-refractivity contribution in [3.8, 4) is 11.1 Å². The second kappa shape index (κ2) is 7.53. The van der Waals surface area contributed by atoms with Crippen LogP contribution in [0.5, 0.6) is 0 Å². The predicted molar refractivity (Wildman–Crippen MR) is 111 cm³/mol. The van der Waals surface area contributed by atoms with E-state index in [0.29, 0.717) is 0 Å². The van der Waals surface area contributed by atoms with Gasteiger partial charge in [0, 0.05) is 17.0 Å². The number of quaternary nitrogens is 1. The van der Waals surface area contributed by atoms with Crippen molar-refractivity contribution in [1.29, 1.82) is 0 Å². The quantitative estimate of drug-likeness (QED) is 0.561. The zero-order valence-electron chi connectivity index (χ0n) is 16.1. The van der Waals surface area contributed by atoms with Crippen molar-refractivity contribution in [2.75, 3.05) is 31.1 Å². The Kier molecular flexibility index (Phi) is 4.73. The summed E-state index contributed by atoms with van der Waals surface area (Å²) in [6.07, 6.45) is 1.64. The summed E-state index contributed by atoms with van der Waals surface area (Å²) in [5.41, 5.74) is 3.06. The lowest BCUT2D eigenvalue weighted by molar-refractivity contribution is -0.914. The third-order valence-electron chi connectivity index (χ3n) is 5.38. The van der Waals surface area contributed by atoms with Crippen LogP contribution in [0.4, 0.5) is 10.2 Å². The number of anilines is 1. The molecule has 0 spiro atoms. The molecule has 1 N–H and O–H groups in total. The fraction of sp³-hybridized carbons (Fsp3) is 0.286. The van der Waals surface area contributed by atoms with Gasteiger partial charge in [-0.25, -0.2) is 14.4 Å². The van der Waals surface area contributed by atoms with Crippen LogP contribution in [0.2, 0.25) is 0 Å². The summed E-state index contributed by atoms with van der Waals surface area (Å²) in [5.74, 6) is 1.59. The Balaban J connectivity index is 1.39. The van der Waals surface area contributed by atoms with Crippen molar-refractivity contribution in [3.05, 3.63) is 59.3 Å². The zero-order valence-corrected chi connectivity index (χ0v) is 16.9. The Morgan fingerprint density at radius 2 is 1.97 bits per heavy atom. The summed E-state index contributed by atoms with van der Waals surface area (Å²) in [5, 5.41) is 7.26. The monoisotopic (exact) mass is 410 g/mol. The highest BCUT2D eigenvalue weighted by atomic mass is 32.1. The molecule has 1 aliphatic heterocycles. The molecule has 0 radical (unpaired) electrons. The smallest absolute Gasteiger partial charge is 0.141 e. The lowest BCUT2D eigenvalue weighted by Gasteiger charge is -2.32. The van der Waals surface area contributed by atoms with E-state index in [-0.39, 0.29) is 5.82 Å². The van der Waals surface area contributed by atoms with Gasteiger partial charge in [-0.1, -0.05) is 17.3 Å². The van der Waals surface area contributed by atoms with Crippen molar-refractivity contribution < 1.29 is 13.8 Å². The van der Waals surface area contributed by atoms with Crippen molar-refractivity contribution >= 4 is 27.4 Å². The van der Waals surface area contributed by atoms with Crippen LogP contribution in [0.1, 0.15) is 11.5 Å². The average Bonchev–Trinajstić information content (AvgIpc) is 3.35. The summed E-state index contributed by atoms with van der Waals surface area (Å²) in [4.78, 5) is 13.9. The third kappa shape index (κ3) is 3.61. The van der Waals surface area contributed by atoms with Crippen LogP contribution in [0.3, 0.4) is 0 Å². The normalized spacial score (nSPS) is 15.3. The Labute approximate surface area is 171 Å². The number of hydrogen-bond acceptors (Lipinski definition) is 6. The number of aromatic nitrogens is 3. The predicted octanol–water partition coefficient (Wildman–Crippen LogP) is 2.70. The fourth-order valence-electron chi connectivity index (χ4n) is 3.91. The van der Waals surface area contributed by atoms with E-state index in [1.54, 1.807) is 17.7 Å². The average molecular weight is 410 g/mol. The molecule has 148 valence electrons. The number of benzene rings is 1. The van der Waals surface area contributed by atoms with Gasteiger partial charge in [0.1, 0.15) is 40.8 Å². The molecule has 0 saturated carbocycles. The molecule has 0 bridgehead atoms. The second-order valence-electron chi connectivity index (χ2n) is 7.38. The Morgan fingerprint density at radius 1 is 1.17 bits per heavy atom. The maximum absolute atomic E-state index is 13.4. The number of aryl methyl sites for hydroxylation is 1. The van der Waals surface area contributed by atoms with E-state index in [9.17, 15) is 4.39 Å². The van der Waals surface area contributed by atoms with Crippen molar-refractivity contribution in [3.63, 3.8) is 0 Å². The molecule has 29 heavy (non-hydrogen) atoms. The van der Waals surface area contributed by atoms with Gasteiger partial charge in [0.2, 0.25) is 0 Å². The van der Waals surface area contributed by atoms with E-state index in [0.717, 1.165) is 71.3 Å². The van der Waals surface area contributed by atoms with Gasteiger partial charge in [0.15, 0.2) is 0 Å². The molecule has 1 fully saturated rings. The van der Waals surface area contributed by atoms with Crippen LogP contribution in [0.15, 0.2) is 46.6 Å². The van der Waals surface area contributed by atoms with E-state index in [1.165, 1.54) is 17.0 Å². The lowest BCUT2D eigenvalue weighted by atomic mass is 10.1. The molecule has 1 aliphatic rings. The largest absolute Gasteiger partial charge is 0.361 e. The van der Waals surface area contributed by atoms with Gasteiger partial charge < -0.3 is 14.3 Å². The van der Waals surface area contributed by atoms with E-state index in [1.807, 2.05) is 25.1 Å². The topological polar surface area (TPSA) is 59.5 Å². The van der Waals surface area contributed by atoms with Crippen LogP contribution in [0, 0.1) is 12.7 Å². The summed E-state index contributed by atoms with van der Waals surface area (Å²) in [6, 6.07) is 8.63. The molecule has 4 heterocycles. The maximum Gasteiger partial charge on any atom is 0.141 e. The van der Waals surface area contributed by atoms with Crippen molar-refractivity contribution in [2.45, 2.75) is 13.5 Å². The molecule has 0 atom stereocenters. The highest BCUT2D eigenvalue weighted by molar-refractivity contribution is 7.17. The number of fused-ring (bicyclic) bond motifs is 1. The molecule has 3 aromatic heterocycles. The highest BCUT2D eigenvalue weighted by Gasteiger charge is 2.25. The molecule has 0 unspecified atom stereocenters. The molecule has 8 heteroatoms. The minimum atomic E-state index is -0.230. The van der Waals surface area contributed by atoms with Crippen LogP contribution < -0.4 is 9.80 Å². The minimum absolute atomic E-state index is 0.230. The number of nitrogens with one attached hydrogen (secondary N) is 1. The first-order valence-electron chi connectivity index (χ1n) is 9.66. The van der Waals surface area contributed by atoms with Crippen LogP contribution in [-0.4, -0.2) is 41.3 Å². The molecule has 1 saturated heterocycles. The number of rotatable bonds is 4. The number of nitrogens with zero attached hydrogens (tertiary/aromatic N) is 4. The Morgan fingerprint density at radius 3 is 2.69 bits per heavy atom. The number of hydrogen-bond donors (Lipinski definition) is 1. The standard InChI is InChI=1S/C21H20FN5OS/c1-14-10-17(25-28-14)11-26-6-8-27(9-7-26)20-19-18(12-29-21(19)24-13-23-20)15-2-4-16(22)5-3-15/h2-5,10,12-13H,6-9,11H2,1H3/p+1. The van der Waals surface area contributed by atoms with Gasteiger partial charge in [0.25, 0.3) is 0 Å². The molecule has 0 aliphatic carbocycles. The van der Waals surface area contributed by atoms with Gasteiger partial charge >= 0.3 is 0 Å². The Hall–Kier alpha value is -2.84. The third-order valence-corrected chi connectivity index (χ3v) is 6.27. The molecular formula is C21H21FN5OS+. The van der Waals surface area contributed by atoms with Gasteiger partial charge in [0.05, 0.1) is 31.6 Å².